The maximum Gasteiger partial charge on any atom is 0.151 e. The molecule has 1 aliphatic rings. The maximum absolute atomic E-state index is 5.50. The van der Waals surface area contributed by atoms with Crippen LogP contribution in [-0.2, 0) is 17.8 Å². The lowest BCUT2D eigenvalue weighted by atomic mass is 10.0. The molecule has 0 saturated carbocycles. The summed E-state index contributed by atoms with van der Waals surface area (Å²) in [4.78, 5) is 2.28. The summed E-state index contributed by atoms with van der Waals surface area (Å²) >= 11 is 0. The van der Waals surface area contributed by atoms with E-state index in [1.807, 2.05) is 13.1 Å². The van der Waals surface area contributed by atoms with Crippen molar-refractivity contribution < 1.29 is 9.26 Å². The molecule has 0 spiro atoms. The molecule has 0 amide bonds. The van der Waals surface area contributed by atoms with Crippen molar-refractivity contribution in [2.45, 2.75) is 25.9 Å². The monoisotopic (exact) mass is 253 g/mol. The zero-order chi connectivity index (χ0) is 12.8. The van der Waals surface area contributed by atoms with E-state index in [0.717, 1.165) is 44.3 Å². The SMILES string of the molecule is CNCc1cc(CN(C)CC2CCCOC2)on1. The molecule has 1 atom stereocenters. The van der Waals surface area contributed by atoms with Crippen LogP contribution in [0.4, 0.5) is 0 Å². The van der Waals surface area contributed by atoms with E-state index in [2.05, 4.69) is 22.4 Å². The van der Waals surface area contributed by atoms with Gasteiger partial charge in [-0.1, -0.05) is 5.16 Å². The van der Waals surface area contributed by atoms with Crippen molar-refractivity contribution in [2.75, 3.05) is 33.9 Å². The Morgan fingerprint density at radius 1 is 1.56 bits per heavy atom. The number of rotatable bonds is 6. The molecule has 0 aromatic carbocycles. The van der Waals surface area contributed by atoms with E-state index in [1.54, 1.807) is 0 Å². The fraction of sp³-hybridized carbons (Fsp3) is 0.769. The molecule has 5 heteroatoms. The first-order valence-electron chi connectivity index (χ1n) is 6.63. The second-order valence-corrected chi connectivity index (χ2v) is 5.09. The van der Waals surface area contributed by atoms with Crippen molar-refractivity contribution in [3.8, 4) is 0 Å². The number of hydrogen-bond acceptors (Lipinski definition) is 5. The van der Waals surface area contributed by atoms with Gasteiger partial charge < -0.3 is 14.6 Å². The van der Waals surface area contributed by atoms with Gasteiger partial charge in [0.05, 0.1) is 18.8 Å². The van der Waals surface area contributed by atoms with E-state index in [-0.39, 0.29) is 0 Å². The molecule has 0 radical (unpaired) electrons. The van der Waals surface area contributed by atoms with Crippen LogP contribution in [0.25, 0.3) is 0 Å². The van der Waals surface area contributed by atoms with E-state index >= 15 is 0 Å². The van der Waals surface area contributed by atoms with Crippen LogP contribution in [0.2, 0.25) is 0 Å². The zero-order valence-electron chi connectivity index (χ0n) is 11.3. The average molecular weight is 253 g/mol. The second-order valence-electron chi connectivity index (χ2n) is 5.09. The van der Waals surface area contributed by atoms with Crippen LogP contribution < -0.4 is 5.32 Å². The Morgan fingerprint density at radius 3 is 3.17 bits per heavy atom. The smallest absolute Gasteiger partial charge is 0.151 e. The van der Waals surface area contributed by atoms with Crippen molar-refractivity contribution in [3.05, 3.63) is 17.5 Å². The van der Waals surface area contributed by atoms with Crippen LogP contribution in [0, 0.1) is 5.92 Å². The molecule has 0 bridgehead atoms. The summed E-state index contributed by atoms with van der Waals surface area (Å²) in [6.07, 6.45) is 2.46. The molecule has 1 unspecified atom stereocenters. The molecule has 1 aromatic rings. The van der Waals surface area contributed by atoms with Gasteiger partial charge in [0.15, 0.2) is 5.76 Å². The van der Waals surface area contributed by atoms with Crippen molar-refractivity contribution in [2.24, 2.45) is 5.92 Å². The van der Waals surface area contributed by atoms with Gasteiger partial charge in [-0.15, -0.1) is 0 Å². The zero-order valence-corrected chi connectivity index (χ0v) is 11.3. The summed E-state index contributed by atoms with van der Waals surface area (Å²) in [6, 6.07) is 2.02. The van der Waals surface area contributed by atoms with Gasteiger partial charge >= 0.3 is 0 Å². The molecule has 1 saturated heterocycles. The molecule has 1 N–H and O–H groups in total. The third-order valence-electron chi connectivity index (χ3n) is 3.22. The highest BCUT2D eigenvalue weighted by Gasteiger charge is 2.16. The largest absolute Gasteiger partial charge is 0.381 e. The number of nitrogens with one attached hydrogen (secondary N) is 1. The lowest BCUT2D eigenvalue weighted by Gasteiger charge is -2.26. The summed E-state index contributed by atoms with van der Waals surface area (Å²) in [6.45, 7) is 4.44. The van der Waals surface area contributed by atoms with E-state index < -0.39 is 0 Å². The van der Waals surface area contributed by atoms with E-state index in [9.17, 15) is 0 Å². The predicted octanol–water partition coefficient (Wildman–Crippen LogP) is 1.25. The Balaban J connectivity index is 1.76. The van der Waals surface area contributed by atoms with Crippen LogP contribution in [0.5, 0.6) is 0 Å². The Bertz CT molecular complexity index is 348. The molecule has 1 fully saturated rings. The van der Waals surface area contributed by atoms with Gasteiger partial charge in [-0.05, 0) is 32.9 Å². The Hall–Kier alpha value is -0.910. The summed E-state index contributed by atoms with van der Waals surface area (Å²) in [5.74, 6) is 1.59. The van der Waals surface area contributed by atoms with Gasteiger partial charge in [0.25, 0.3) is 0 Å². The molecular weight excluding hydrogens is 230 g/mol. The minimum Gasteiger partial charge on any atom is -0.381 e. The third kappa shape index (κ3) is 4.08. The standard InChI is InChI=1S/C13H23N3O2/c1-14-7-12-6-13(18-15-12)9-16(2)8-11-4-3-5-17-10-11/h6,11,14H,3-5,7-10H2,1-2H3. The first-order valence-corrected chi connectivity index (χ1v) is 6.63. The minimum atomic E-state index is 0.656. The van der Waals surface area contributed by atoms with Crippen LogP contribution in [0.1, 0.15) is 24.3 Å². The molecule has 2 rings (SSSR count). The van der Waals surface area contributed by atoms with Crippen LogP contribution in [-0.4, -0.2) is 43.9 Å². The molecule has 102 valence electrons. The molecule has 5 nitrogen and oxygen atoms in total. The average Bonchev–Trinajstić information content (AvgIpc) is 2.78. The van der Waals surface area contributed by atoms with Crippen molar-refractivity contribution in [1.82, 2.24) is 15.4 Å². The maximum atomic E-state index is 5.50. The third-order valence-corrected chi connectivity index (χ3v) is 3.22. The lowest BCUT2D eigenvalue weighted by Crippen LogP contribution is -2.30. The van der Waals surface area contributed by atoms with Gasteiger partial charge in [-0.3, -0.25) is 4.90 Å². The number of nitrogens with zero attached hydrogens (tertiary/aromatic N) is 2. The summed E-state index contributed by atoms with van der Waals surface area (Å²) in [5, 5.41) is 7.08. The van der Waals surface area contributed by atoms with Crippen molar-refractivity contribution in [3.63, 3.8) is 0 Å². The topological polar surface area (TPSA) is 50.5 Å². The van der Waals surface area contributed by atoms with E-state index in [0.29, 0.717) is 5.92 Å². The van der Waals surface area contributed by atoms with Gasteiger partial charge in [0, 0.05) is 25.8 Å². The lowest BCUT2D eigenvalue weighted by molar-refractivity contribution is 0.0401. The Labute approximate surface area is 108 Å². The molecule has 1 aromatic heterocycles. The van der Waals surface area contributed by atoms with Crippen molar-refractivity contribution in [1.29, 1.82) is 0 Å². The molecule has 18 heavy (non-hydrogen) atoms. The quantitative estimate of drug-likeness (QED) is 0.827. The van der Waals surface area contributed by atoms with Gasteiger partial charge in [0.2, 0.25) is 0 Å². The molecule has 1 aliphatic heterocycles. The first-order chi connectivity index (χ1) is 8.78. The van der Waals surface area contributed by atoms with Crippen molar-refractivity contribution >= 4 is 0 Å². The van der Waals surface area contributed by atoms with Crippen LogP contribution >= 0.6 is 0 Å². The normalized spacial score (nSPS) is 20.5. The first kappa shape index (κ1) is 13.5. The second kappa shape index (κ2) is 6.87. The van der Waals surface area contributed by atoms with E-state index in [1.165, 1.54) is 12.8 Å². The highest BCUT2D eigenvalue weighted by atomic mass is 16.5. The van der Waals surface area contributed by atoms with Gasteiger partial charge in [0.1, 0.15) is 0 Å². The highest BCUT2D eigenvalue weighted by molar-refractivity contribution is 5.04. The summed E-state index contributed by atoms with van der Waals surface area (Å²) < 4.78 is 10.8. The van der Waals surface area contributed by atoms with Crippen LogP contribution in [0.15, 0.2) is 10.6 Å². The minimum absolute atomic E-state index is 0.656. The Morgan fingerprint density at radius 2 is 2.44 bits per heavy atom. The predicted molar refractivity (Wildman–Crippen MR) is 69.1 cm³/mol. The molecule has 2 heterocycles. The number of ether oxygens (including phenoxy) is 1. The highest BCUT2D eigenvalue weighted by Crippen LogP contribution is 2.15. The fourth-order valence-corrected chi connectivity index (χ4v) is 2.42. The number of aromatic nitrogens is 1. The van der Waals surface area contributed by atoms with Crippen LogP contribution in [0.3, 0.4) is 0 Å². The molecular formula is C13H23N3O2. The fourth-order valence-electron chi connectivity index (χ4n) is 2.42. The van der Waals surface area contributed by atoms with Gasteiger partial charge in [-0.25, -0.2) is 0 Å². The number of hydrogen-bond donors (Lipinski definition) is 1. The van der Waals surface area contributed by atoms with Gasteiger partial charge in [-0.2, -0.15) is 0 Å². The molecule has 0 aliphatic carbocycles. The summed E-state index contributed by atoms with van der Waals surface area (Å²) in [7, 11) is 4.03. The summed E-state index contributed by atoms with van der Waals surface area (Å²) in [5.41, 5.74) is 0.960. The Kier molecular flexibility index (Phi) is 5.16. The van der Waals surface area contributed by atoms with E-state index in [4.69, 9.17) is 9.26 Å².